The van der Waals surface area contributed by atoms with Gasteiger partial charge in [-0.15, -0.1) is 0 Å². The molecular formula is C10H23NO3. The van der Waals surface area contributed by atoms with Gasteiger partial charge in [-0.25, -0.2) is 4.79 Å². The maximum atomic E-state index is 10.7. The smallest absolute Gasteiger partial charge is 0.407 e. The summed E-state index contributed by atoms with van der Waals surface area (Å²) in [5, 5.41) is 2.56. The number of hydrogen-bond acceptors (Lipinski definition) is 3. The third-order valence-electron chi connectivity index (χ3n) is 1.14. The average molecular weight is 205 g/mol. The van der Waals surface area contributed by atoms with Gasteiger partial charge in [0.05, 0.1) is 13.2 Å². The second-order valence-electron chi connectivity index (χ2n) is 2.26. The number of carbonyl (C=O) groups excluding carboxylic acids is 1. The molecule has 14 heavy (non-hydrogen) atoms. The van der Waals surface area contributed by atoms with Crippen LogP contribution in [-0.4, -0.2) is 32.5 Å². The van der Waals surface area contributed by atoms with Crippen LogP contribution in [0.2, 0.25) is 0 Å². The lowest BCUT2D eigenvalue weighted by molar-refractivity contribution is 0.124. The molecule has 0 aromatic rings. The number of ether oxygens (including phenoxy) is 2. The van der Waals surface area contributed by atoms with Gasteiger partial charge in [0.2, 0.25) is 0 Å². The van der Waals surface area contributed by atoms with Crippen molar-refractivity contribution in [2.75, 3.05) is 26.4 Å². The molecule has 0 aromatic carbocycles. The summed E-state index contributed by atoms with van der Waals surface area (Å²) in [5.41, 5.74) is 0. The third kappa shape index (κ3) is 13.8. The molecule has 0 spiro atoms. The Labute approximate surface area is 87.0 Å². The van der Waals surface area contributed by atoms with Gasteiger partial charge in [-0.05, 0) is 13.3 Å². The number of carbonyl (C=O) groups is 1. The summed E-state index contributed by atoms with van der Waals surface area (Å²) in [7, 11) is 0. The summed E-state index contributed by atoms with van der Waals surface area (Å²) in [6.07, 6.45) is 0.622. The highest BCUT2D eigenvalue weighted by molar-refractivity contribution is 5.66. The maximum absolute atomic E-state index is 10.7. The Hall–Kier alpha value is -0.770. The van der Waals surface area contributed by atoms with Gasteiger partial charge in [-0.3, -0.25) is 0 Å². The van der Waals surface area contributed by atoms with Gasteiger partial charge in [0.25, 0.3) is 0 Å². The minimum atomic E-state index is -0.377. The van der Waals surface area contributed by atoms with Crippen molar-refractivity contribution >= 4 is 6.09 Å². The van der Waals surface area contributed by atoms with Crippen LogP contribution >= 0.6 is 0 Å². The summed E-state index contributed by atoms with van der Waals surface area (Å²) in [5.74, 6) is 0. The summed E-state index contributed by atoms with van der Waals surface area (Å²) in [6, 6.07) is 0. The van der Waals surface area contributed by atoms with Crippen LogP contribution < -0.4 is 5.32 Å². The van der Waals surface area contributed by atoms with Crippen molar-refractivity contribution in [3.63, 3.8) is 0 Å². The molecule has 0 atom stereocenters. The van der Waals surface area contributed by atoms with Crippen LogP contribution in [0.15, 0.2) is 0 Å². The van der Waals surface area contributed by atoms with Crippen molar-refractivity contribution in [3.05, 3.63) is 0 Å². The van der Waals surface area contributed by atoms with Gasteiger partial charge in [-0.1, -0.05) is 20.8 Å². The molecule has 0 unspecified atom stereocenters. The predicted octanol–water partition coefficient (Wildman–Crippen LogP) is 2.19. The van der Waals surface area contributed by atoms with Crippen LogP contribution in [0.4, 0.5) is 4.79 Å². The van der Waals surface area contributed by atoms with Crippen molar-refractivity contribution in [2.24, 2.45) is 0 Å². The molecule has 0 aliphatic rings. The second kappa shape index (κ2) is 14.7. The van der Waals surface area contributed by atoms with Crippen molar-refractivity contribution in [1.82, 2.24) is 5.32 Å². The van der Waals surface area contributed by atoms with Crippen molar-refractivity contribution < 1.29 is 14.3 Å². The van der Waals surface area contributed by atoms with Crippen LogP contribution in [0.5, 0.6) is 0 Å². The molecule has 0 heterocycles. The first-order valence-electron chi connectivity index (χ1n) is 5.29. The molecule has 0 bridgehead atoms. The van der Waals surface area contributed by atoms with E-state index in [1.807, 2.05) is 20.8 Å². The third-order valence-corrected chi connectivity index (χ3v) is 1.14. The van der Waals surface area contributed by atoms with Gasteiger partial charge in [0, 0.05) is 13.2 Å². The number of alkyl carbamates (subject to hydrolysis) is 1. The van der Waals surface area contributed by atoms with E-state index in [1.165, 1.54) is 0 Å². The van der Waals surface area contributed by atoms with Gasteiger partial charge in [0.1, 0.15) is 0 Å². The lowest BCUT2D eigenvalue weighted by atomic mass is 10.5. The van der Waals surface area contributed by atoms with E-state index < -0.39 is 0 Å². The van der Waals surface area contributed by atoms with Crippen molar-refractivity contribution in [3.8, 4) is 0 Å². The number of nitrogens with one attached hydrogen (secondary N) is 1. The van der Waals surface area contributed by atoms with E-state index >= 15 is 0 Å². The van der Waals surface area contributed by atoms with Crippen LogP contribution in [0.1, 0.15) is 34.1 Å². The summed E-state index contributed by atoms with van der Waals surface area (Å²) < 4.78 is 9.78. The fraction of sp³-hybridized carbons (Fsp3) is 0.900. The first kappa shape index (κ1) is 15.7. The molecule has 0 fully saturated rings. The largest absolute Gasteiger partial charge is 0.450 e. The van der Waals surface area contributed by atoms with E-state index in [2.05, 4.69) is 10.1 Å². The number of rotatable bonds is 6. The normalized spacial score (nSPS) is 8.57. The highest BCUT2D eigenvalue weighted by Crippen LogP contribution is 1.79. The molecule has 0 saturated heterocycles. The first-order valence-corrected chi connectivity index (χ1v) is 5.29. The zero-order valence-electron chi connectivity index (χ0n) is 9.76. The lowest BCUT2D eigenvalue weighted by Crippen LogP contribution is -2.27. The monoisotopic (exact) mass is 205 g/mol. The van der Waals surface area contributed by atoms with Crippen molar-refractivity contribution in [1.29, 1.82) is 0 Å². The van der Waals surface area contributed by atoms with Gasteiger partial charge in [0.15, 0.2) is 0 Å². The van der Waals surface area contributed by atoms with E-state index in [0.717, 1.165) is 13.0 Å². The molecule has 1 N–H and O–H groups in total. The van der Waals surface area contributed by atoms with E-state index in [9.17, 15) is 4.79 Å². The topological polar surface area (TPSA) is 47.6 Å². The summed E-state index contributed by atoms with van der Waals surface area (Å²) in [4.78, 5) is 10.7. The quantitative estimate of drug-likeness (QED) is 0.676. The maximum Gasteiger partial charge on any atom is 0.407 e. The molecule has 4 nitrogen and oxygen atoms in total. The molecule has 0 aliphatic heterocycles. The van der Waals surface area contributed by atoms with Crippen molar-refractivity contribution in [2.45, 2.75) is 34.1 Å². The standard InChI is InChI=1S/C8H17NO3.C2H6/c1-3-6-11-7-5-9-8(10)12-4-2;1-2/h3-7H2,1-2H3,(H,9,10);1-2H3. The van der Waals surface area contributed by atoms with Crippen LogP contribution in [-0.2, 0) is 9.47 Å². The van der Waals surface area contributed by atoms with Gasteiger partial charge in [-0.2, -0.15) is 0 Å². The molecule has 0 saturated carbocycles. The minimum absolute atomic E-state index is 0.377. The van der Waals surface area contributed by atoms with E-state index in [0.29, 0.717) is 19.8 Å². The van der Waals surface area contributed by atoms with Crippen LogP contribution in [0, 0.1) is 0 Å². The average Bonchev–Trinajstić information content (AvgIpc) is 2.21. The molecule has 0 rings (SSSR count). The molecule has 0 aromatic heterocycles. The lowest BCUT2D eigenvalue weighted by Gasteiger charge is -2.04. The number of amides is 1. The molecule has 86 valence electrons. The zero-order valence-corrected chi connectivity index (χ0v) is 9.76. The molecule has 0 radical (unpaired) electrons. The summed E-state index contributed by atoms with van der Waals surface area (Å²) >= 11 is 0. The SMILES string of the molecule is CC.CCCOCCNC(=O)OCC. The fourth-order valence-corrected chi connectivity index (χ4v) is 0.654. The Morgan fingerprint density at radius 3 is 2.36 bits per heavy atom. The van der Waals surface area contributed by atoms with Crippen LogP contribution in [0.25, 0.3) is 0 Å². The first-order chi connectivity index (χ1) is 6.81. The molecular weight excluding hydrogens is 182 g/mol. The highest BCUT2D eigenvalue weighted by atomic mass is 16.5. The summed E-state index contributed by atoms with van der Waals surface area (Å²) in [6.45, 7) is 10.0. The minimum Gasteiger partial charge on any atom is -0.450 e. The zero-order chi connectivity index (χ0) is 11.2. The molecule has 0 aliphatic carbocycles. The highest BCUT2D eigenvalue weighted by Gasteiger charge is 1.96. The van der Waals surface area contributed by atoms with E-state index in [1.54, 1.807) is 6.92 Å². The Morgan fingerprint density at radius 2 is 1.86 bits per heavy atom. The van der Waals surface area contributed by atoms with E-state index in [4.69, 9.17) is 4.74 Å². The Morgan fingerprint density at radius 1 is 1.21 bits per heavy atom. The van der Waals surface area contributed by atoms with E-state index in [-0.39, 0.29) is 6.09 Å². The Bertz CT molecular complexity index is 118. The van der Waals surface area contributed by atoms with Crippen LogP contribution in [0.3, 0.4) is 0 Å². The Kier molecular flexibility index (Phi) is 16.5. The predicted molar refractivity (Wildman–Crippen MR) is 57.5 cm³/mol. The van der Waals surface area contributed by atoms with Gasteiger partial charge < -0.3 is 14.8 Å². The second-order valence-corrected chi connectivity index (χ2v) is 2.26. The van der Waals surface area contributed by atoms with Gasteiger partial charge >= 0.3 is 6.09 Å². The molecule has 1 amide bonds. The fourth-order valence-electron chi connectivity index (χ4n) is 0.654. The number of hydrogen-bond donors (Lipinski definition) is 1. The molecule has 4 heteroatoms. The Balaban J connectivity index is 0.